The lowest BCUT2D eigenvalue weighted by molar-refractivity contribution is 0.234. The number of methoxy groups -OCH3 is 1. The Labute approximate surface area is 107 Å². The predicted octanol–water partition coefficient (Wildman–Crippen LogP) is 1.16. The molecule has 0 atom stereocenters. The smallest absolute Gasteiger partial charge is 0.264 e. The second kappa shape index (κ2) is 6.67. The SMILES string of the molecule is COC/C=C/c1nc(CCOS(C)(=O)=O)c(C)o1. The first-order valence-corrected chi connectivity index (χ1v) is 7.20. The lowest BCUT2D eigenvalue weighted by Crippen LogP contribution is -2.06. The van der Waals surface area contributed by atoms with Crippen LogP contribution in [0.25, 0.3) is 6.08 Å². The minimum Gasteiger partial charge on any atom is -0.442 e. The number of ether oxygens (including phenoxy) is 1. The summed E-state index contributed by atoms with van der Waals surface area (Å²) in [6, 6.07) is 0. The number of oxazole rings is 1. The fourth-order valence-electron chi connectivity index (χ4n) is 1.29. The van der Waals surface area contributed by atoms with Crippen LogP contribution in [0, 0.1) is 6.92 Å². The third-order valence-electron chi connectivity index (χ3n) is 2.07. The van der Waals surface area contributed by atoms with Crippen LogP contribution in [-0.4, -0.2) is 40.0 Å². The van der Waals surface area contributed by atoms with Crippen molar-refractivity contribution in [2.45, 2.75) is 13.3 Å². The zero-order valence-electron chi connectivity index (χ0n) is 10.7. The van der Waals surface area contributed by atoms with Crippen molar-refractivity contribution < 1.29 is 21.8 Å². The molecule has 0 N–H and O–H groups in total. The van der Waals surface area contributed by atoms with E-state index in [1.54, 1.807) is 26.2 Å². The Kier molecular flexibility index (Phi) is 5.52. The highest BCUT2D eigenvalue weighted by atomic mass is 32.2. The van der Waals surface area contributed by atoms with Gasteiger partial charge in [0.05, 0.1) is 25.2 Å². The van der Waals surface area contributed by atoms with Crippen molar-refractivity contribution in [1.82, 2.24) is 4.98 Å². The maximum absolute atomic E-state index is 10.8. The molecule has 1 aromatic heterocycles. The van der Waals surface area contributed by atoms with Crippen molar-refractivity contribution in [3.05, 3.63) is 23.4 Å². The molecule has 0 aliphatic rings. The molecule has 0 radical (unpaired) electrons. The second-order valence-electron chi connectivity index (χ2n) is 3.69. The van der Waals surface area contributed by atoms with Gasteiger partial charge in [-0.3, -0.25) is 4.18 Å². The fraction of sp³-hybridized carbons (Fsp3) is 0.545. The number of hydrogen-bond donors (Lipinski definition) is 0. The summed E-state index contributed by atoms with van der Waals surface area (Å²) in [4.78, 5) is 4.22. The summed E-state index contributed by atoms with van der Waals surface area (Å²) in [7, 11) is -1.81. The van der Waals surface area contributed by atoms with Crippen molar-refractivity contribution in [3.63, 3.8) is 0 Å². The molecule has 0 amide bonds. The Hall–Kier alpha value is -1.18. The summed E-state index contributed by atoms with van der Waals surface area (Å²) >= 11 is 0. The van der Waals surface area contributed by atoms with Crippen LogP contribution in [0.15, 0.2) is 10.5 Å². The normalized spacial score (nSPS) is 12.4. The van der Waals surface area contributed by atoms with E-state index in [0.29, 0.717) is 30.4 Å². The molecular weight excluding hydrogens is 258 g/mol. The van der Waals surface area contributed by atoms with Gasteiger partial charge in [-0.05, 0) is 13.0 Å². The Morgan fingerprint density at radius 1 is 1.44 bits per heavy atom. The molecule has 0 aliphatic carbocycles. The van der Waals surface area contributed by atoms with E-state index in [1.807, 2.05) is 0 Å². The highest BCUT2D eigenvalue weighted by Crippen LogP contribution is 2.12. The molecule has 102 valence electrons. The monoisotopic (exact) mass is 275 g/mol. The third kappa shape index (κ3) is 5.44. The van der Waals surface area contributed by atoms with Crippen LogP contribution in [0.4, 0.5) is 0 Å². The molecule has 0 aliphatic heterocycles. The minimum absolute atomic E-state index is 0.0629. The van der Waals surface area contributed by atoms with Crippen LogP contribution in [0.5, 0.6) is 0 Å². The maximum atomic E-state index is 10.8. The van der Waals surface area contributed by atoms with E-state index < -0.39 is 10.1 Å². The molecular formula is C11H17NO5S. The average Bonchev–Trinajstić information content (AvgIpc) is 2.58. The van der Waals surface area contributed by atoms with Crippen LogP contribution in [0.1, 0.15) is 17.3 Å². The zero-order chi connectivity index (χ0) is 13.6. The molecule has 18 heavy (non-hydrogen) atoms. The highest BCUT2D eigenvalue weighted by Gasteiger charge is 2.09. The average molecular weight is 275 g/mol. The predicted molar refractivity (Wildman–Crippen MR) is 66.6 cm³/mol. The van der Waals surface area contributed by atoms with Crippen molar-refractivity contribution in [1.29, 1.82) is 0 Å². The van der Waals surface area contributed by atoms with Gasteiger partial charge < -0.3 is 9.15 Å². The molecule has 0 unspecified atom stereocenters. The number of rotatable bonds is 7. The van der Waals surface area contributed by atoms with E-state index in [2.05, 4.69) is 9.17 Å². The van der Waals surface area contributed by atoms with Gasteiger partial charge in [0, 0.05) is 13.5 Å². The largest absolute Gasteiger partial charge is 0.442 e. The van der Waals surface area contributed by atoms with Crippen LogP contribution >= 0.6 is 0 Å². The lowest BCUT2D eigenvalue weighted by atomic mass is 10.3. The van der Waals surface area contributed by atoms with E-state index >= 15 is 0 Å². The standard InChI is InChI=1S/C11H17NO5S/c1-9-10(6-8-16-18(3,13)14)12-11(17-9)5-4-7-15-2/h4-5H,6-8H2,1-3H3/b5-4+. The third-order valence-corrected chi connectivity index (χ3v) is 2.66. The highest BCUT2D eigenvalue weighted by molar-refractivity contribution is 7.85. The number of nitrogens with zero attached hydrogens (tertiary/aromatic N) is 1. The van der Waals surface area contributed by atoms with E-state index in [9.17, 15) is 8.42 Å². The Bertz CT molecular complexity index is 504. The molecule has 6 nitrogen and oxygen atoms in total. The van der Waals surface area contributed by atoms with Crippen LogP contribution < -0.4 is 0 Å². The molecule has 0 bridgehead atoms. The molecule has 7 heteroatoms. The Balaban J connectivity index is 2.56. The number of aromatic nitrogens is 1. The summed E-state index contributed by atoms with van der Waals surface area (Å²) in [5.74, 6) is 1.13. The molecule has 0 fully saturated rings. The summed E-state index contributed by atoms with van der Waals surface area (Å²) in [5, 5.41) is 0. The summed E-state index contributed by atoms with van der Waals surface area (Å²) in [6.45, 7) is 2.32. The number of hydrogen-bond acceptors (Lipinski definition) is 6. The molecule has 1 aromatic rings. The van der Waals surface area contributed by atoms with E-state index in [0.717, 1.165) is 6.26 Å². The van der Waals surface area contributed by atoms with Crippen molar-refractivity contribution in [3.8, 4) is 0 Å². The first-order valence-electron chi connectivity index (χ1n) is 5.38. The molecule has 1 rings (SSSR count). The van der Waals surface area contributed by atoms with E-state index in [1.165, 1.54) is 0 Å². The molecule has 0 saturated carbocycles. The maximum Gasteiger partial charge on any atom is 0.264 e. The van der Waals surface area contributed by atoms with Crippen molar-refractivity contribution >= 4 is 16.2 Å². The van der Waals surface area contributed by atoms with Gasteiger partial charge in [-0.1, -0.05) is 6.08 Å². The molecule has 1 heterocycles. The fourth-order valence-corrected chi connectivity index (χ4v) is 1.67. The lowest BCUT2D eigenvalue weighted by Gasteiger charge is -1.98. The van der Waals surface area contributed by atoms with Gasteiger partial charge in [-0.25, -0.2) is 4.98 Å². The molecule has 0 aromatic carbocycles. The zero-order valence-corrected chi connectivity index (χ0v) is 11.5. The van der Waals surface area contributed by atoms with Crippen molar-refractivity contribution in [2.24, 2.45) is 0 Å². The van der Waals surface area contributed by atoms with Gasteiger partial charge in [-0.15, -0.1) is 0 Å². The van der Waals surface area contributed by atoms with Gasteiger partial charge >= 0.3 is 0 Å². The summed E-state index contributed by atoms with van der Waals surface area (Å²) < 4.78 is 36.5. The van der Waals surface area contributed by atoms with Gasteiger partial charge in [0.15, 0.2) is 0 Å². The molecule has 0 spiro atoms. The first kappa shape index (κ1) is 14.9. The van der Waals surface area contributed by atoms with Gasteiger partial charge in [0.1, 0.15) is 5.76 Å². The molecule has 0 saturated heterocycles. The summed E-state index contributed by atoms with van der Waals surface area (Å²) in [6.07, 6.45) is 4.89. The van der Waals surface area contributed by atoms with Gasteiger partial charge in [0.25, 0.3) is 10.1 Å². The quantitative estimate of drug-likeness (QED) is 0.695. The van der Waals surface area contributed by atoms with Crippen LogP contribution in [-0.2, 0) is 25.5 Å². The second-order valence-corrected chi connectivity index (χ2v) is 5.33. The van der Waals surface area contributed by atoms with E-state index in [-0.39, 0.29) is 6.61 Å². The Morgan fingerprint density at radius 2 is 2.17 bits per heavy atom. The first-order chi connectivity index (χ1) is 8.42. The topological polar surface area (TPSA) is 78.6 Å². The summed E-state index contributed by atoms with van der Waals surface area (Å²) in [5.41, 5.74) is 0.690. The number of aryl methyl sites for hydroxylation is 1. The van der Waals surface area contributed by atoms with Crippen molar-refractivity contribution in [2.75, 3.05) is 26.6 Å². The van der Waals surface area contributed by atoms with Crippen LogP contribution in [0.3, 0.4) is 0 Å². The van der Waals surface area contributed by atoms with E-state index in [4.69, 9.17) is 9.15 Å². The van der Waals surface area contributed by atoms with Crippen LogP contribution in [0.2, 0.25) is 0 Å². The van der Waals surface area contributed by atoms with Gasteiger partial charge in [-0.2, -0.15) is 8.42 Å². The van der Waals surface area contributed by atoms with Gasteiger partial charge in [0.2, 0.25) is 5.89 Å². The Morgan fingerprint density at radius 3 is 2.78 bits per heavy atom. The minimum atomic E-state index is -3.41.